The third-order valence-corrected chi connectivity index (χ3v) is 1.98. The number of anilines is 1. The maximum absolute atomic E-state index is 11.1. The van der Waals surface area contributed by atoms with Crippen molar-refractivity contribution in [1.29, 1.82) is 0 Å². The highest BCUT2D eigenvalue weighted by Gasteiger charge is 2.04. The van der Waals surface area contributed by atoms with Crippen molar-refractivity contribution in [3.8, 4) is 0 Å². The molecule has 1 aromatic carbocycles. The van der Waals surface area contributed by atoms with Gasteiger partial charge in [0.05, 0.1) is 10.6 Å². The number of non-ortho nitro benzene ring substituents is 1. The number of carbonyl (C=O) groups is 2. The minimum atomic E-state index is -1.31. The van der Waals surface area contributed by atoms with Crippen LogP contribution in [0, 0.1) is 10.1 Å². The highest BCUT2D eigenvalue weighted by Crippen LogP contribution is 2.14. The van der Waals surface area contributed by atoms with E-state index in [1.807, 2.05) is 0 Å². The van der Waals surface area contributed by atoms with Crippen LogP contribution in [-0.2, 0) is 9.59 Å². The lowest BCUT2D eigenvalue weighted by atomic mass is 10.3. The third-order valence-electron chi connectivity index (χ3n) is 1.98. The summed E-state index contributed by atoms with van der Waals surface area (Å²) >= 11 is 0. The van der Waals surface area contributed by atoms with Gasteiger partial charge >= 0.3 is 0 Å². The molecule has 96 valence electrons. The second-order valence-corrected chi connectivity index (χ2v) is 3.35. The number of nitro benzene ring substituents is 1. The van der Waals surface area contributed by atoms with Crippen molar-refractivity contribution >= 4 is 23.3 Å². The standard InChI is InChI=1S/C10H11N3O5/c14-9(5-6-10(15)16)12-11-7-1-3-8(4-2-7)13(17)18/h1-4,11H,5-6H2,(H,12,14)(H,15,16)/p-1. The third kappa shape index (κ3) is 4.47. The summed E-state index contributed by atoms with van der Waals surface area (Å²) in [5.74, 6) is -1.82. The van der Waals surface area contributed by atoms with Crippen molar-refractivity contribution in [3.05, 3.63) is 34.4 Å². The fraction of sp³-hybridized carbons (Fsp3) is 0.200. The van der Waals surface area contributed by atoms with Gasteiger partial charge in [-0.3, -0.25) is 25.8 Å². The van der Waals surface area contributed by atoms with Crippen molar-refractivity contribution in [1.82, 2.24) is 5.43 Å². The molecule has 0 spiro atoms. The SMILES string of the molecule is O=C([O-])CCC(=O)NNc1ccc([N+](=O)[O-])cc1. The van der Waals surface area contributed by atoms with Gasteiger partial charge in [-0.15, -0.1) is 0 Å². The monoisotopic (exact) mass is 252 g/mol. The molecule has 0 saturated heterocycles. The summed E-state index contributed by atoms with van der Waals surface area (Å²) in [5.41, 5.74) is 5.13. The summed E-state index contributed by atoms with van der Waals surface area (Å²) in [6.45, 7) is 0. The van der Waals surface area contributed by atoms with E-state index in [1.54, 1.807) is 0 Å². The smallest absolute Gasteiger partial charge is 0.269 e. The van der Waals surface area contributed by atoms with Crippen molar-refractivity contribution < 1.29 is 19.6 Å². The average molecular weight is 252 g/mol. The molecule has 2 N–H and O–H groups in total. The molecule has 0 unspecified atom stereocenters. The van der Waals surface area contributed by atoms with Crippen LogP contribution in [0.25, 0.3) is 0 Å². The van der Waals surface area contributed by atoms with Gasteiger partial charge < -0.3 is 9.90 Å². The zero-order chi connectivity index (χ0) is 13.5. The van der Waals surface area contributed by atoms with Crippen LogP contribution in [0.2, 0.25) is 0 Å². The molecule has 0 atom stereocenters. The minimum Gasteiger partial charge on any atom is -0.550 e. The average Bonchev–Trinajstić information content (AvgIpc) is 2.34. The molecule has 1 aromatic rings. The van der Waals surface area contributed by atoms with Gasteiger partial charge in [0.15, 0.2) is 0 Å². The predicted molar refractivity (Wildman–Crippen MR) is 59.1 cm³/mol. The topological polar surface area (TPSA) is 124 Å². The van der Waals surface area contributed by atoms with Crippen molar-refractivity contribution in [2.45, 2.75) is 12.8 Å². The summed E-state index contributed by atoms with van der Waals surface area (Å²) in [6, 6.07) is 5.37. The van der Waals surface area contributed by atoms with E-state index in [0.29, 0.717) is 5.69 Å². The number of nitrogens with one attached hydrogen (secondary N) is 2. The predicted octanol–water partition coefficient (Wildman–Crippen LogP) is -0.432. The fourth-order valence-electron chi connectivity index (χ4n) is 1.09. The Morgan fingerprint density at radius 1 is 1.17 bits per heavy atom. The molecule has 0 fully saturated rings. The first-order valence-electron chi connectivity index (χ1n) is 4.98. The van der Waals surface area contributed by atoms with Crippen molar-refractivity contribution in [3.63, 3.8) is 0 Å². The number of hydrazine groups is 1. The first-order valence-corrected chi connectivity index (χ1v) is 4.98. The summed E-state index contributed by atoms with van der Waals surface area (Å²) < 4.78 is 0. The molecule has 0 aliphatic carbocycles. The molecule has 0 radical (unpaired) electrons. The lowest BCUT2D eigenvalue weighted by Crippen LogP contribution is -2.31. The van der Waals surface area contributed by atoms with Gasteiger partial charge in [-0.05, 0) is 18.6 Å². The summed E-state index contributed by atoms with van der Waals surface area (Å²) in [4.78, 5) is 31.1. The van der Waals surface area contributed by atoms with E-state index < -0.39 is 16.8 Å². The van der Waals surface area contributed by atoms with Crippen LogP contribution in [0.3, 0.4) is 0 Å². The molecule has 0 bridgehead atoms. The number of amides is 1. The van der Waals surface area contributed by atoms with Crippen LogP contribution in [0.15, 0.2) is 24.3 Å². The quantitative estimate of drug-likeness (QED) is 0.522. The van der Waals surface area contributed by atoms with Crippen molar-refractivity contribution in [2.75, 3.05) is 5.43 Å². The van der Waals surface area contributed by atoms with E-state index in [9.17, 15) is 24.8 Å². The molecule has 1 amide bonds. The van der Waals surface area contributed by atoms with Crippen LogP contribution in [0.5, 0.6) is 0 Å². The number of hydrogen-bond acceptors (Lipinski definition) is 6. The molecule has 0 heterocycles. The van der Waals surface area contributed by atoms with Gasteiger partial charge in [-0.1, -0.05) is 0 Å². The fourth-order valence-corrected chi connectivity index (χ4v) is 1.09. The second kappa shape index (κ2) is 6.18. The molecule has 0 aliphatic rings. The molecule has 1 rings (SSSR count). The van der Waals surface area contributed by atoms with Crippen molar-refractivity contribution in [2.24, 2.45) is 0 Å². The number of carboxylic acid groups (broad SMARTS) is 1. The first kappa shape index (κ1) is 13.4. The maximum Gasteiger partial charge on any atom is 0.269 e. The number of carbonyl (C=O) groups excluding carboxylic acids is 2. The van der Waals surface area contributed by atoms with Gasteiger partial charge in [-0.2, -0.15) is 0 Å². The van der Waals surface area contributed by atoms with E-state index in [0.717, 1.165) is 0 Å². The minimum absolute atomic E-state index is 0.0659. The molecule has 0 aliphatic heterocycles. The Kier molecular flexibility index (Phi) is 4.61. The maximum atomic E-state index is 11.1. The zero-order valence-corrected chi connectivity index (χ0v) is 9.21. The lowest BCUT2D eigenvalue weighted by molar-refractivity contribution is -0.384. The van der Waals surface area contributed by atoms with E-state index in [4.69, 9.17) is 0 Å². The summed E-state index contributed by atoms with van der Waals surface area (Å²) in [6.07, 6.45) is -0.573. The molecule has 8 nitrogen and oxygen atoms in total. The van der Waals surface area contributed by atoms with Gasteiger partial charge in [-0.25, -0.2) is 0 Å². The molecule has 18 heavy (non-hydrogen) atoms. The zero-order valence-electron chi connectivity index (χ0n) is 9.21. The Morgan fingerprint density at radius 2 is 1.78 bits per heavy atom. The Balaban J connectivity index is 2.41. The van der Waals surface area contributed by atoms with E-state index in [1.165, 1.54) is 24.3 Å². The van der Waals surface area contributed by atoms with E-state index in [-0.39, 0.29) is 18.5 Å². The van der Waals surface area contributed by atoms with Crippen LogP contribution < -0.4 is 16.0 Å². The van der Waals surface area contributed by atoms with Crippen LogP contribution >= 0.6 is 0 Å². The number of rotatable bonds is 6. The number of carboxylic acids is 1. The van der Waals surface area contributed by atoms with Gasteiger partial charge in [0, 0.05) is 24.5 Å². The normalized spacial score (nSPS) is 9.56. The van der Waals surface area contributed by atoms with Crippen LogP contribution in [0.1, 0.15) is 12.8 Å². The van der Waals surface area contributed by atoms with Gasteiger partial charge in [0.2, 0.25) is 5.91 Å². The molecular formula is C10H10N3O5-. The molecule has 0 saturated carbocycles. The molecule has 8 heteroatoms. The van der Waals surface area contributed by atoms with Crippen LogP contribution in [-0.4, -0.2) is 16.8 Å². The van der Waals surface area contributed by atoms with Crippen LogP contribution in [0.4, 0.5) is 11.4 Å². The Morgan fingerprint density at radius 3 is 2.28 bits per heavy atom. The Labute approximate surface area is 102 Å². The molecular weight excluding hydrogens is 242 g/mol. The Hall–Kier alpha value is -2.64. The molecule has 0 aromatic heterocycles. The highest BCUT2D eigenvalue weighted by atomic mass is 16.6. The van der Waals surface area contributed by atoms with E-state index >= 15 is 0 Å². The van der Waals surface area contributed by atoms with Gasteiger partial charge in [0.25, 0.3) is 5.69 Å². The number of aliphatic carboxylic acids is 1. The van der Waals surface area contributed by atoms with Gasteiger partial charge in [0.1, 0.15) is 0 Å². The van der Waals surface area contributed by atoms with E-state index in [2.05, 4.69) is 10.9 Å². The highest BCUT2D eigenvalue weighted by molar-refractivity contribution is 5.81. The second-order valence-electron chi connectivity index (χ2n) is 3.35. The lowest BCUT2D eigenvalue weighted by Gasteiger charge is -2.08. The summed E-state index contributed by atoms with van der Waals surface area (Å²) in [7, 11) is 0. The number of nitro groups is 1. The number of nitrogens with zero attached hydrogens (tertiary/aromatic N) is 1. The summed E-state index contributed by atoms with van der Waals surface area (Å²) in [5, 5.41) is 20.5. The number of benzene rings is 1. The Bertz CT molecular complexity index is 457. The first-order chi connectivity index (χ1) is 8.49. The largest absolute Gasteiger partial charge is 0.550 e. The number of hydrogen-bond donors (Lipinski definition) is 2.